The highest BCUT2D eigenvalue weighted by molar-refractivity contribution is 7.92. The van der Waals surface area contributed by atoms with Gasteiger partial charge in [0, 0.05) is 18.3 Å². The Balaban J connectivity index is 1.74. The number of piperidine rings is 2. The van der Waals surface area contributed by atoms with Crippen LogP contribution in [0.5, 0.6) is 0 Å². The molecular weight excluding hydrogens is 350 g/mol. The first-order valence-corrected chi connectivity index (χ1v) is 12.2. The first-order chi connectivity index (χ1) is 12.4. The van der Waals surface area contributed by atoms with Gasteiger partial charge >= 0.3 is 0 Å². The van der Waals surface area contributed by atoms with Crippen LogP contribution in [-0.4, -0.2) is 68.5 Å². The van der Waals surface area contributed by atoms with E-state index in [1.807, 2.05) is 0 Å². The molecule has 1 amide bonds. The smallest absolute Gasteiger partial charge is 0.241 e. The zero-order chi connectivity index (χ0) is 18.7. The fourth-order valence-electron chi connectivity index (χ4n) is 5.19. The van der Waals surface area contributed by atoms with Gasteiger partial charge in [-0.05, 0) is 64.7 Å². The van der Waals surface area contributed by atoms with Crippen LogP contribution in [0.3, 0.4) is 0 Å². The summed E-state index contributed by atoms with van der Waals surface area (Å²) in [6.45, 7) is 3.97. The van der Waals surface area contributed by atoms with E-state index in [4.69, 9.17) is 0 Å². The summed E-state index contributed by atoms with van der Waals surface area (Å²) in [5.74, 6) is -0.275. The largest absolute Gasteiger partial charge is 0.353 e. The summed E-state index contributed by atoms with van der Waals surface area (Å²) in [5, 5.41) is 6.30. The molecule has 0 bridgehead atoms. The highest BCUT2D eigenvalue weighted by Gasteiger charge is 2.49. The van der Waals surface area contributed by atoms with Crippen LogP contribution in [0.4, 0.5) is 0 Å². The van der Waals surface area contributed by atoms with E-state index in [0.717, 1.165) is 25.9 Å². The van der Waals surface area contributed by atoms with E-state index in [1.165, 1.54) is 44.8 Å². The quantitative estimate of drug-likeness (QED) is 0.749. The van der Waals surface area contributed by atoms with Gasteiger partial charge in [0.1, 0.15) is 0 Å². The predicted molar refractivity (Wildman–Crippen MR) is 104 cm³/mol. The number of carbonyl (C=O) groups excluding carboxylic acids is 1. The summed E-state index contributed by atoms with van der Waals surface area (Å²) in [7, 11) is -3.45. The lowest BCUT2D eigenvalue weighted by Gasteiger charge is -2.49. The summed E-state index contributed by atoms with van der Waals surface area (Å²) in [6, 6.07) is 0. The van der Waals surface area contributed by atoms with Gasteiger partial charge in [-0.1, -0.05) is 25.7 Å². The number of carbonyl (C=O) groups is 1. The van der Waals surface area contributed by atoms with Crippen molar-refractivity contribution in [1.82, 2.24) is 15.5 Å². The lowest BCUT2D eigenvalue weighted by molar-refractivity contribution is -0.125. The van der Waals surface area contributed by atoms with E-state index in [0.29, 0.717) is 32.5 Å². The number of likely N-dealkylation sites (tertiary alicyclic amines) is 1. The molecule has 0 spiro atoms. The zero-order valence-corrected chi connectivity index (χ0v) is 17.0. The molecule has 6 nitrogen and oxygen atoms in total. The normalized spacial score (nSPS) is 27.0. The molecule has 1 aliphatic carbocycles. The molecule has 2 N–H and O–H groups in total. The third-order valence-electron chi connectivity index (χ3n) is 6.92. The summed E-state index contributed by atoms with van der Waals surface area (Å²) < 4.78 is 23.7. The molecule has 7 heteroatoms. The maximum Gasteiger partial charge on any atom is 0.241 e. The Morgan fingerprint density at radius 2 is 1.54 bits per heavy atom. The van der Waals surface area contributed by atoms with Gasteiger partial charge < -0.3 is 10.6 Å². The van der Waals surface area contributed by atoms with E-state index < -0.39 is 14.6 Å². The van der Waals surface area contributed by atoms with E-state index in [9.17, 15) is 13.2 Å². The van der Waals surface area contributed by atoms with Gasteiger partial charge in [0.25, 0.3) is 0 Å². The van der Waals surface area contributed by atoms with Crippen LogP contribution in [0, 0.1) is 0 Å². The van der Waals surface area contributed by atoms with E-state index >= 15 is 0 Å². The molecule has 2 saturated heterocycles. The Morgan fingerprint density at radius 1 is 0.962 bits per heavy atom. The topological polar surface area (TPSA) is 78.5 Å². The Labute approximate surface area is 158 Å². The highest BCUT2D eigenvalue weighted by Crippen LogP contribution is 2.36. The van der Waals surface area contributed by atoms with Crippen molar-refractivity contribution in [2.45, 2.75) is 74.5 Å². The molecule has 3 fully saturated rings. The van der Waals surface area contributed by atoms with Crippen LogP contribution in [-0.2, 0) is 14.6 Å². The predicted octanol–water partition coefficient (Wildman–Crippen LogP) is 1.46. The molecule has 1 saturated carbocycles. The first-order valence-electron chi connectivity index (χ1n) is 10.3. The van der Waals surface area contributed by atoms with E-state index in [2.05, 4.69) is 15.5 Å². The molecule has 3 aliphatic rings. The molecule has 0 radical (unpaired) electrons. The van der Waals surface area contributed by atoms with Gasteiger partial charge in [-0.15, -0.1) is 0 Å². The molecule has 0 aromatic heterocycles. The fraction of sp³-hybridized carbons (Fsp3) is 0.947. The van der Waals surface area contributed by atoms with Crippen LogP contribution < -0.4 is 10.6 Å². The second-order valence-corrected chi connectivity index (χ2v) is 10.9. The number of nitrogens with zero attached hydrogens (tertiary/aromatic N) is 1. The Bertz CT molecular complexity index is 587. The third kappa shape index (κ3) is 3.94. The standard InChI is InChI=1S/C19H35N3O3S/c1-26(24,25)19(10-12-20-13-11-19)17(23)21-16-18(8-4-2-5-9-18)22-14-6-3-7-15-22/h20H,2-16H2,1H3,(H,21,23). The number of rotatable bonds is 5. The monoisotopic (exact) mass is 385 g/mol. The highest BCUT2D eigenvalue weighted by atomic mass is 32.2. The molecule has 26 heavy (non-hydrogen) atoms. The van der Waals surface area contributed by atoms with Crippen LogP contribution >= 0.6 is 0 Å². The molecule has 3 rings (SSSR count). The summed E-state index contributed by atoms with van der Waals surface area (Å²) in [4.78, 5) is 15.7. The molecular formula is C19H35N3O3S. The Hall–Kier alpha value is -0.660. The zero-order valence-electron chi connectivity index (χ0n) is 16.2. The molecule has 2 aliphatic heterocycles. The molecule has 0 aromatic rings. The van der Waals surface area contributed by atoms with E-state index in [-0.39, 0.29) is 11.4 Å². The third-order valence-corrected chi connectivity index (χ3v) is 8.94. The van der Waals surface area contributed by atoms with Crippen LogP contribution in [0.1, 0.15) is 64.2 Å². The van der Waals surface area contributed by atoms with Gasteiger partial charge in [0.05, 0.1) is 0 Å². The number of amides is 1. The number of nitrogens with one attached hydrogen (secondary N) is 2. The van der Waals surface area contributed by atoms with Crippen molar-refractivity contribution < 1.29 is 13.2 Å². The lowest BCUT2D eigenvalue weighted by atomic mass is 9.79. The van der Waals surface area contributed by atoms with Gasteiger partial charge in [-0.25, -0.2) is 8.42 Å². The van der Waals surface area contributed by atoms with Crippen molar-refractivity contribution in [2.75, 3.05) is 39.0 Å². The fourth-order valence-corrected chi connectivity index (χ4v) is 6.54. The van der Waals surface area contributed by atoms with Crippen LogP contribution in [0.2, 0.25) is 0 Å². The summed E-state index contributed by atoms with van der Waals surface area (Å²) >= 11 is 0. The first kappa shape index (κ1) is 20.1. The van der Waals surface area contributed by atoms with Gasteiger partial charge in [0.2, 0.25) is 5.91 Å². The van der Waals surface area contributed by atoms with Crippen LogP contribution in [0.15, 0.2) is 0 Å². The maximum absolute atomic E-state index is 13.1. The summed E-state index contributed by atoms with van der Waals surface area (Å²) in [5.41, 5.74) is 0.0277. The van der Waals surface area contributed by atoms with Crippen molar-refractivity contribution in [3.8, 4) is 0 Å². The molecule has 2 heterocycles. The Morgan fingerprint density at radius 3 is 2.12 bits per heavy atom. The minimum Gasteiger partial charge on any atom is -0.353 e. The molecule has 150 valence electrons. The van der Waals surface area contributed by atoms with Crippen molar-refractivity contribution in [3.63, 3.8) is 0 Å². The van der Waals surface area contributed by atoms with Gasteiger partial charge in [-0.3, -0.25) is 9.69 Å². The number of hydrogen-bond acceptors (Lipinski definition) is 5. The average Bonchev–Trinajstić information content (AvgIpc) is 2.67. The molecule has 0 atom stereocenters. The number of hydrogen-bond donors (Lipinski definition) is 2. The van der Waals surface area contributed by atoms with Crippen molar-refractivity contribution in [3.05, 3.63) is 0 Å². The second kappa shape index (κ2) is 8.15. The minimum absolute atomic E-state index is 0.0277. The molecule has 0 aromatic carbocycles. The van der Waals surface area contributed by atoms with Crippen LogP contribution in [0.25, 0.3) is 0 Å². The van der Waals surface area contributed by atoms with Crippen molar-refractivity contribution in [2.24, 2.45) is 0 Å². The SMILES string of the molecule is CS(=O)(=O)C1(C(=O)NCC2(N3CCCCC3)CCCCC2)CCNCC1. The average molecular weight is 386 g/mol. The number of sulfone groups is 1. The van der Waals surface area contributed by atoms with Gasteiger partial charge in [0.15, 0.2) is 14.6 Å². The Kier molecular flexibility index (Phi) is 6.29. The summed E-state index contributed by atoms with van der Waals surface area (Å²) in [6.07, 6.45) is 11.6. The lowest BCUT2D eigenvalue weighted by Crippen LogP contribution is -2.62. The molecule has 0 unspecified atom stereocenters. The van der Waals surface area contributed by atoms with Crippen molar-refractivity contribution in [1.29, 1.82) is 0 Å². The minimum atomic E-state index is -3.45. The van der Waals surface area contributed by atoms with Gasteiger partial charge in [-0.2, -0.15) is 0 Å². The van der Waals surface area contributed by atoms with Crippen molar-refractivity contribution >= 4 is 15.7 Å². The second-order valence-electron chi connectivity index (χ2n) is 8.53. The maximum atomic E-state index is 13.1. The van der Waals surface area contributed by atoms with E-state index in [1.54, 1.807) is 0 Å².